The van der Waals surface area contributed by atoms with Crippen LogP contribution in [0.3, 0.4) is 0 Å². The van der Waals surface area contributed by atoms with Crippen molar-refractivity contribution in [3.63, 3.8) is 0 Å². The lowest BCUT2D eigenvalue weighted by atomic mass is 9.81. The smallest absolute Gasteiger partial charge is 0.209 e. The number of nitriles is 1. The van der Waals surface area contributed by atoms with Crippen molar-refractivity contribution < 1.29 is 8.42 Å². The van der Waals surface area contributed by atoms with E-state index in [0.717, 1.165) is 16.7 Å². The van der Waals surface area contributed by atoms with E-state index in [0.29, 0.717) is 12.0 Å². The molecule has 0 heterocycles. The molecule has 0 fully saturated rings. The van der Waals surface area contributed by atoms with E-state index in [1.807, 2.05) is 49.4 Å². The van der Waals surface area contributed by atoms with Gasteiger partial charge >= 0.3 is 0 Å². The highest BCUT2D eigenvalue weighted by molar-refractivity contribution is 7.88. The fourth-order valence-corrected chi connectivity index (χ4v) is 4.68. The molecular weight excluding hydrogens is 308 g/mol. The number of hydrogen-bond acceptors (Lipinski definition) is 3. The predicted molar refractivity (Wildman–Crippen MR) is 89.5 cm³/mol. The average molecular weight is 326 g/mol. The van der Waals surface area contributed by atoms with Crippen LogP contribution >= 0.6 is 0 Å². The molecule has 1 aliphatic carbocycles. The fraction of sp³-hybridized carbons (Fsp3) is 0.278. The van der Waals surface area contributed by atoms with E-state index in [1.165, 1.54) is 6.26 Å². The van der Waals surface area contributed by atoms with Gasteiger partial charge in [-0.2, -0.15) is 5.26 Å². The minimum absolute atomic E-state index is 0.123. The van der Waals surface area contributed by atoms with Crippen molar-refractivity contribution in [3.8, 4) is 6.07 Å². The number of rotatable bonds is 3. The maximum absolute atomic E-state index is 11.9. The monoisotopic (exact) mass is 326 g/mol. The largest absolute Gasteiger partial charge is 0.213 e. The van der Waals surface area contributed by atoms with Gasteiger partial charge in [-0.3, -0.25) is 0 Å². The van der Waals surface area contributed by atoms with Gasteiger partial charge in [-0.25, -0.2) is 13.1 Å². The van der Waals surface area contributed by atoms with Crippen molar-refractivity contribution >= 4 is 10.0 Å². The van der Waals surface area contributed by atoms with E-state index in [-0.39, 0.29) is 5.92 Å². The van der Waals surface area contributed by atoms with E-state index in [2.05, 4.69) is 10.8 Å². The van der Waals surface area contributed by atoms with Gasteiger partial charge in [-0.05, 0) is 42.2 Å². The minimum atomic E-state index is -3.36. The van der Waals surface area contributed by atoms with Gasteiger partial charge < -0.3 is 0 Å². The summed E-state index contributed by atoms with van der Waals surface area (Å²) in [4.78, 5) is 0. The molecule has 0 unspecified atom stereocenters. The molecule has 118 valence electrons. The highest BCUT2D eigenvalue weighted by Gasteiger charge is 2.45. The lowest BCUT2D eigenvalue weighted by Crippen LogP contribution is -2.49. The summed E-state index contributed by atoms with van der Waals surface area (Å²) in [6, 6.07) is 17.6. The Bertz CT molecular complexity index is 885. The molecule has 0 bridgehead atoms. The summed E-state index contributed by atoms with van der Waals surface area (Å²) in [6.07, 6.45) is 1.78. The molecule has 0 radical (unpaired) electrons. The zero-order chi connectivity index (χ0) is 16.7. The molecule has 0 aromatic heterocycles. The summed E-state index contributed by atoms with van der Waals surface area (Å²) < 4.78 is 26.6. The Kier molecular flexibility index (Phi) is 3.75. The number of nitrogens with one attached hydrogen (secondary N) is 1. The van der Waals surface area contributed by atoms with Gasteiger partial charge in [0.15, 0.2) is 0 Å². The highest BCUT2D eigenvalue weighted by atomic mass is 32.2. The van der Waals surface area contributed by atoms with Gasteiger partial charge in [0.2, 0.25) is 10.0 Å². The van der Waals surface area contributed by atoms with Crippen LogP contribution in [0.5, 0.6) is 0 Å². The van der Waals surface area contributed by atoms with Crippen molar-refractivity contribution in [2.24, 2.45) is 0 Å². The topological polar surface area (TPSA) is 70.0 Å². The molecule has 0 saturated carbocycles. The summed E-state index contributed by atoms with van der Waals surface area (Å²) in [5.74, 6) is -0.123. The molecule has 1 aliphatic rings. The van der Waals surface area contributed by atoms with Crippen LogP contribution < -0.4 is 4.72 Å². The van der Waals surface area contributed by atoms with Crippen LogP contribution in [0, 0.1) is 11.3 Å². The standard InChI is InChI=1S/C18H18N2O2S/c1-18(20-23(2,21)22)11-15-9-8-13(12-19)10-16(15)17(18)14-6-4-3-5-7-14/h3-10,17,20H,11H2,1-2H3/t17-,18+/m1/s1. The lowest BCUT2D eigenvalue weighted by Gasteiger charge is -2.32. The van der Waals surface area contributed by atoms with Crippen molar-refractivity contribution in [2.75, 3.05) is 6.26 Å². The van der Waals surface area contributed by atoms with Gasteiger partial charge in [0, 0.05) is 11.5 Å². The number of sulfonamides is 1. The molecule has 2 aromatic rings. The molecule has 4 nitrogen and oxygen atoms in total. The molecule has 23 heavy (non-hydrogen) atoms. The SMILES string of the molecule is C[C@]1(NS(C)(=O)=O)Cc2ccc(C#N)cc2[C@H]1c1ccccc1. The second-order valence-electron chi connectivity index (χ2n) is 6.34. The van der Waals surface area contributed by atoms with Gasteiger partial charge in [-0.1, -0.05) is 36.4 Å². The van der Waals surface area contributed by atoms with Crippen molar-refractivity contribution in [3.05, 3.63) is 70.8 Å². The third kappa shape index (κ3) is 3.00. The molecule has 0 aliphatic heterocycles. The Morgan fingerprint density at radius 1 is 1.22 bits per heavy atom. The van der Waals surface area contributed by atoms with E-state index in [9.17, 15) is 13.7 Å². The van der Waals surface area contributed by atoms with Crippen molar-refractivity contribution in [1.29, 1.82) is 5.26 Å². The molecule has 0 amide bonds. The summed E-state index contributed by atoms with van der Waals surface area (Å²) in [5, 5.41) is 9.18. The zero-order valence-electron chi connectivity index (χ0n) is 13.1. The summed E-state index contributed by atoms with van der Waals surface area (Å²) in [5.41, 5.74) is 3.09. The first-order valence-corrected chi connectivity index (χ1v) is 9.28. The fourth-order valence-electron chi connectivity index (χ4n) is 3.65. The van der Waals surface area contributed by atoms with E-state index in [1.54, 1.807) is 6.07 Å². The maximum Gasteiger partial charge on any atom is 0.209 e. The summed E-state index contributed by atoms with van der Waals surface area (Å²) in [7, 11) is -3.36. The Hall–Kier alpha value is -2.16. The second kappa shape index (κ2) is 5.48. The van der Waals surface area contributed by atoms with Crippen molar-refractivity contribution in [2.45, 2.75) is 24.8 Å². The number of hydrogen-bond donors (Lipinski definition) is 1. The highest BCUT2D eigenvalue weighted by Crippen LogP contribution is 2.45. The first-order valence-electron chi connectivity index (χ1n) is 7.39. The first kappa shape index (κ1) is 15.7. The average Bonchev–Trinajstić information content (AvgIpc) is 2.76. The van der Waals surface area contributed by atoms with Crippen molar-refractivity contribution in [1.82, 2.24) is 4.72 Å². The third-order valence-electron chi connectivity index (χ3n) is 4.33. The van der Waals surface area contributed by atoms with Crippen LogP contribution in [0.1, 0.15) is 35.1 Å². The van der Waals surface area contributed by atoms with Crippen LogP contribution in [-0.2, 0) is 16.4 Å². The van der Waals surface area contributed by atoms with Crippen LogP contribution in [-0.4, -0.2) is 20.2 Å². The van der Waals surface area contributed by atoms with Gasteiger partial charge in [-0.15, -0.1) is 0 Å². The summed E-state index contributed by atoms with van der Waals surface area (Å²) in [6.45, 7) is 1.93. The predicted octanol–water partition coefficient (Wildman–Crippen LogP) is 2.55. The Morgan fingerprint density at radius 3 is 2.52 bits per heavy atom. The van der Waals surface area contributed by atoms with E-state index >= 15 is 0 Å². The Morgan fingerprint density at radius 2 is 1.91 bits per heavy atom. The van der Waals surface area contributed by atoms with E-state index in [4.69, 9.17) is 0 Å². The van der Waals surface area contributed by atoms with Gasteiger partial charge in [0.25, 0.3) is 0 Å². The number of benzene rings is 2. The van der Waals surface area contributed by atoms with Crippen LogP contribution in [0.2, 0.25) is 0 Å². The van der Waals surface area contributed by atoms with Crippen LogP contribution in [0.4, 0.5) is 0 Å². The first-order chi connectivity index (χ1) is 10.8. The Labute approximate surface area is 136 Å². The molecule has 2 atom stereocenters. The third-order valence-corrected chi connectivity index (χ3v) is 5.17. The molecule has 1 N–H and O–H groups in total. The zero-order valence-corrected chi connectivity index (χ0v) is 13.9. The lowest BCUT2D eigenvalue weighted by molar-refractivity contribution is 0.398. The molecule has 5 heteroatoms. The minimum Gasteiger partial charge on any atom is -0.213 e. The van der Waals surface area contributed by atoms with Crippen LogP contribution in [0.15, 0.2) is 48.5 Å². The second-order valence-corrected chi connectivity index (χ2v) is 8.09. The van der Waals surface area contributed by atoms with Gasteiger partial charge in [0.05, 0.1) is 17.9 Å². The number of nitrogens with zero attached hydrogens (tertiary/aromatic N) is 1. The normalized spacial score (nSPS) is 23.3. The molecule has 0 saturated heterocycles. The molecule has 3 rings (SSSR count). The molecule has 0 spiro atoms. The maximum atomic E-state index is 11.9. The van der Waals surface area contributed by atoms with Gasteiger partial charge in [0.1, 0.15) is 0 Å². The molecule has 2 aromatic carbocycles. The molecular formula is C18H18N2O2S. The Balaban J connectivity index is 2.18. The summed E-state index contributed by atoms with van der Waals surface area (Å²) >= 11 is 0. The quantitative estimate of drug-likeness (QED) is 0.942. The van der Waals surface area contributed by atoms with E-state index < -0.39 is 15.6 Å². The number of fused-ring (bicyclic) bond motifs is 1. The van der Waals surface area contributed by atoms with Crippen LogP contribution in [0.25, 0.3) is 0 Å².